The van der Waals surface area contributed by atoms with Crippen LogP contribution in [0.4, 0.5) is 5.69 Å². The second-order valence-electron chi connectivity index (χ2n) is 4.24. The molecule has 2 rings (SSSR count). The van der Waals surface area contributed by atoms with Crippen LogP contribution < -0.4 is 11.1 Å². The number of nitrogens with one attached hydrogen (secondary N) is 1. The number of benzene rings is 1. The molecule has 1 aromatic heterocycles. The van der Waals surface area contributed by atoms with Crippen LogP contribution in [0.3, 0.4) is 0 Å². The second kappa shape index (κ2) is 5.98. The molecule has 0 amide bonds. The highest BCUT2D eigenvalue weighted by Gasteiger charge is 2.10. The lowest BCUT2D eigenvalue weighted by Crippen LogP contribution is -2.20. The van der Waals surface area contributed by atoms with Gasteiger partial charge in [-0.25, -0.2) is 0 Å². The van der Waals surface area contributed by atoms with Gasteiger partial charge in [-0.15, -0.1) is 0 Å². The van der Waals surface area contributed by atoms with Gasteiger partial charge in [0.15, 0.2) is 0 Å². The van der Waals surface area contributed by atoms with Crippen molar-refractivity contribution in [3.05, 3.63) is 58.3 Å². The van der Waals surface area contributed by atoms with Gasteiger partial charge < -0.3 is 11.1 Å². The summed E-state index contributed by atoms with van der Waals surface area (Å²) in [5.41, 5.74) is 9.21. The zero-order valence-electron chi connectivity index (χ0n) is 10.2. The van der Waals surface area contributed by atoms with E-state index in [-0.39, 0.29) is 6.04 Å². The van der Waals surface area contributed by atoms with E-state index in [0.29, 0.717) is 6.54 Å². The van der Waals surface area contributed by atoms with E-state index in [1.54, 1.807) is 6.20 Å². The molecule has 0 spiro atoms. The highest BCUT2D eigenvalue weighted by molar-refractivity contribution is 9.10. The number of nitrogens with two attached hydrogens (primary N) is 1. The van der Waals surface area contributed by atoms with Crippen molar-refractivity contribution in [1.82, 2.24) is 4.98 Å². The molecular weight excluding hydrogens is 290 g/mol. The third-order valence-corrected chi connectivity index (χ3v) is 3.19. The van der Waals surface area contributed by atoms with Crippen LogP contribution in [0.2, 0.25) is 0 Å². The Morgan fingerprint density at radius 3 is 2.61 bits per heavy atom. The minimum absolute atomic E-state index is 0.0673. The van der Waals surface area contributed by atoms with Crippen LogP contribution in [0.5, 0.6) is 0 Å². The number of rotatable bonds is 4. The summed E-state index contributed by atoms with van der Waals surface area (Å²) in [4.78, 5) is 4.17. The second-order valence-corrected chi connectivity index (χ2v) is 5.15. The molecule has 1 aromatic carbocycles. The standard InChI is InChI=1S/C14H16BrN3/c1-10-2-4-13(5-3-10)18-14(7-16)11-6-12(15)9-17-8-11/h2-6,8-9,14,18H,7,16H2,1H3. The third kappa shape index (κ3) is 3.31. The highest BCUT2D eigenvalue weighted by atomic mass is 79.9. The minimum Gasteiger partial charge on any atom is -0.377 e. The van der Waals surface area contributed by atoms with Gasteiger partial charge in [0.1, 0.15) is 0 Å². The van der Waals surface area contributed by atoms with Gasteiger partial charge in [0.2, 0.25) is 0 Å². The summed E-state index contributed by atoms with van der Waals surface area (Å²) in [6.07, 6.45) is 3.60. The summed E-state index contributed by atoms with van der Waals surface area (Å²) in [6, 6.07) is 10.4. The molecule has 0 aliphatic carbocycles. The van der Waals surface area contributed by atoms with Crippen LogP contribution in [0.25, 0.3) is 0 Å². The van der Waals surface area contributed by atoms with Gasteiger partial charge in [-0.3, -0.25) is 4.98 Å². The van der Waals surface area contributed by atoms with Crippen LogP contribution >= 0.6 is 15.9 Å². The first-order chi connectivity index (χ1) is 8.69. The number of aromatic nitrogens is 1. The summed E-state index contributed by atoms with van der Waals surface area (Å²) >= 11 is 3.42. The first-order valence-corrected chi connectivity index (χ1v) is 6.62. The number of hydrogen-bond donors (Lipinski definition) is 2. The maximum atomic E-state index is 5.83. The molecule has 0 aliphatic rings. The van der Waals surface area contributed by atoms with Crippen LogP contribution in [-0.4, -0.2) is 11.5 Å². The molecule has 4 heteroatoms. The van der Waals surface area contributed by atoms with Crippen LogP contribution in [0.1, 0.15) is 17.2 Å². The van der Waals surface area contributed by atoms with Gasteiger partial charge in [0, 0.05) is 29.1 Å². The maximum Gasteiger partial charge on any atom is 0.0651 e. The molecule has 2 aromatic rings. The molecule has 18 heavy (non-hydrogen) atoms. The SMILES string of the molecule is Cc1ccc(NC(CN)c2cncc(Br)c2)cc1. The molecule has 1 atom stereocenters. The van der Waals surface area contributed by atoms with Gasteiger partial charge >= 0.3 is 0 Å². The van der Waals surface area contributed by atoms with Crippen molar-refractivity contribution in [3.63, 3.8) is 0 Å². The fraction of sp³-hybridized carbons (Fsp3) is 0.214. The first kappa shape index (κ1) is 13.1. The van der Waals surface area contributed by atoms with E-state index in [0.717, 1.165) is 15.7 Å². The van der Waals surface area contributed by atoms with Crippen LogP contribution in [0.15, 0.2) is 47.2 Å². The van der Waals surface area contributed by atoms with Crippen molar-refractivity contribution in [1.29, 1.82) is 0 Å². The van der Waals surface area contributed by atoms with E-state index >= 15 is 0 Å². The molecule has 1 heterocycles. The summed E-state index contributed by atoms with van der Waals surface area (Å²) in [6.45, 7) is 2.59. The summed E-state index contributed by atoms with van der Waals surface area (Å²) < 4.78 is 0.962. The van der Waals surface area contributed by atoms with E-state index in [1.807, 2.05) is 12.3 Å². The largest absolute Gasteiger partial charge is 0.377 e. The average molecular weight is 306 g/mol. The Kier molecular flexibility index (Phi) is 4.33. The van der Waals surface area contributed by atoms with E-state index in [2.05, 4.69) is 57.4 Å². The van der Waals surface area contributed by atoms with Gasteiger partial charge in [-0.2, -0.15) is 0 Å². The number of anilines is 1. The van der Waals surface area contributed by atoms with Crippen molar-refractivity contribution < 1.29 is 0 Å². The van der Waals surface area contributed by atoms with Gasteiger partial charge in [0.25, 0.3) is 0 Å². The number of aryl methyl sites for hydroxylation is 1. The Bertz CT molecular complexity index is 511. The molecule has 0 saturated heterocycles. The molecule has 0 aliphatic heterocycles. The normalized spacial score (nSPS) is 12.2. The molecule has 1 unspecified atom stereocenters. The topological polar surface area (TPSA) is 50.9 Å². The Morgan fingerprint density at radius 1 is 1.28 bits per heavy atom. The monoisotopic (exact) mass is 305 g/mol. The third-order valence-electron chi connectivity index (χ3n) is 2.76. The number of pyridine rings is 1. The van der Waals surface area contributed by atoms with E-state index in [9.17, 15) is 0 Å². The Hall–Kier alpha value is -1.39. The quantitative estimate of drug-likeness (QED) is 0.911. The Labute approximate surface area is 116 Å². The van der Waals surface area contributed by atoms with Crippen molar-refractivity contribution >= 4 is 21.6 Å². The van der Waals surface area contributed by atoms with E-state index in [4.69, 9.17) is 5.73 Å². The van der Waals surface area contributed by atoms with Crippen LogP contribution in [0, 0.1) is 6.92 Å². The van der Waals surface area contributed by atoms with E-state index < -0.39 is 0 Å². The lowest BCUT2D eigenvalue weighted by Gasteiger charge is -2.18. The zero-order valence-corrected chi connectivity index (χ0v) is 11.8. The predicted molar refractivity (Wildman–Crippen MR) is 78.5 cm³/mol. The molecule has 0 fully saturated rings. The summed E-state index contributed by atoms with van der Waals surface area (Å²) in [5, 5.41) is 3.41. The van der Waals surface area contributed by atoms with E-state index in [1.165, 1.54) is 5.56 Å². The molecule has 3 nitrogen and oxygen atoms in total. The summed E-state index contributed by atoms with van der Waals surface area (Å²) in [7, 11) is 0. The molecule has 0 radical (unpaired) electrons. The van der Waals surface area contributed by atoms with Crippen LogP contribution in [-0.2, 0) is 0 Å². The lowest BCUT2D eigenvalue weighted by atomic mass is 10.1. The smallest absolute Gasteiger partial charge is 0.0651 e. The van der Waals surface area contributed by atoms with Gasteiger partial charge in [-0.1, -0.05) is 17.7 Å². The number of halogens is 1. The minimum atomic E-state index is 0.0673. The maximum absolute atomic E-state index is 5.83. The van der Waals surface area contributed by atoms with Crippen molar-refractivity contribution in [2.24, 2.45) is 5.73 Å². The van der Waals surface area contributed by atoms with Crippen molar-refractivity contribution in [2.45, 2.75) is 13.0 Å². The number of hydrogen-bond acceptors (Lipinski definition) is 3. The van der Waals surface area contributed by atoms with Gasteiger partial charge in [0.05, 0.1) is 6.04 Å². The number of nitrogens with zero attached hydrogens (tertiary/aromatic N) is 1. The predicted octanol–water partition coefficient (Wildman–Crippen LogP) is 3.26. The fourth-order valence-electron chi connectivity index (χ4n) is 1.75. The molecule has 94 valence electrons. The molecule has 0 saturated carbocycles. The first-order valence-electron chi connectivity index (χ1n) is 5.83. The Morgan fingerprint density at radius 2 is 2.00 bits per heavy atom. The highest BCUT2D eigenvalue weighted by Crippen LogP contribution is 2.21. The molecule has 3 N–H and O–H groups in total. The molecular formula is C14H16BrN3. The fourth-order valence-corrected chi connectivity index (χ4v) is 2.13. The van der Waals surface area contributed by atoms with Gasteiger partial charge in [-0.05, 0) is 46.6 Å². The lowest BCUT2D eigenvalue weighted by molar-refractivity contribution is 0.784. The zero-order chi connectivity index (χ0) is 13.0. The molecule has 0 bridgehead atoms. The average Bonchev–Trinajstić information content (AvgIpc) is 2.38. The van der Waals surface area contributed by atoms with Crippen molar-refractivity contribution in [2.75, 3.05) is 11.9 Å². The summed E-state index contributed by atoms with van der Waals surface area (Å²) in [5.74, 6) is 0. The Balaban J connectivity index is 2.17. The van der Waals surface area contributed by atoms with Crippen molar-refractivity contribution in [3.8, 4) is 0 Å².